The largest absolute Gasteiger partial charge is 0.355 e. The topological polar surface area (TPSA) is 92.5 Å². The van der Waals surface area contributed by atoms with Crippen molar-refractivity contribution in [3.8, 4) is 0 Å². The zero-order valence-corrected chi connectivity index (χ0v) is 22.4. The molecule has 7 nitrogen and oxygen atoms in total. The van der Waals surface area contributed by atoms with Gasteiger partial charge in [-0.25, -0.2) is 17.2 Å². The molecule has 0 spiro atoms. The van der Waals surface area contributed by atoms with E-state index in [0.717, 1.165) is 17.0 Å². The number of thiophene rings is 1. The number of carbonyl (C=O) groups is 1. The number of hydrogen-bond donors (Lipinski definition) is 1. The summed E-state index contributed by atoms with van der Waals surface area (Å²) in [5, 5.41) is 8.92. The highest BCUT2D eigenvalue weighted by Crippen LogP contribution is 2.31. The molecular weight excluding hydrogens is 520 g/mol. The third-order valence-electron chi connectivity index (χ3n) is 6.45. The van der Waals surface area contributed by atoms with Gasteiger partial charge in [-0.15, -0.1) is 11.3 Å². The van der Waals surface area contributed by atoms with E-state index in [1.807, 2.05) is 17.5 Å². The predicted molar refractivity (Wildman–Crippen MR) is 138 cm³/mol. The van der Waals surface area contributed by atoms with E-state index in [-0.39, 0.29) is 58.8 Å². The van der Waals surface area contributed by atoms with Crippen LogP contribution in [0.25, 0.3) is 12.2 Å². The molecule has 1 aromatic carbocycles. The summed E-state index contributed by atoms with van der Waals surface area (Å²) in [5.74, 6) is -1.69. The van der Waals surface area contributed by atoms with Gasteiger partial charge in [-0.2, -0.15) is 4.31 Å². The minimum absolute atomic E-state index is 0.0446. The molecule has 0 bridgehead atoms. The maximum atomic E-state index is 14.0. The first-order valence-corrected chi connectivity index (χ1v) is 14.3. The molecule has 1 unspecified atom stereocenters. The van der Waals surface area contributed by atoms with Crippen molar-refractivity contribution in [1.82, 2.24) is 14.8 Å². The standard InChI is InChI=1S/C26H29F2N3O4S2/c1-16(2)24(23-5-4-14-36-23)29-26(32)19-10-12-31(13-11-19)37(33,34)25-17(3)30-35-22(25)9-7-18-6-8-20(27)15-21(18)28/h4-9,14-16,19,24H,10-13H2,1-3H3,(H,29,32)/b9-7+. The maximum Gasteiger partial charge on any atom is 0.248 e. The lowest BCUT2D eigenvalue weighted by Gasteiger charge is -2.32. The lowest BCUT2D eigenvalue weighted by molar-refractivity contribution is -0.127. The number of hydrogen-bond acceptors (Lipinski definition) is 6. The van der Waals surface area contributed by atoms with Crippen LogP contribution in [0.2, 0.25) is 0 Å². The molecule has 1 saturated heterocycles. The first-order valence-electron chi connectivity index (χ1n) is 12.0. The summed E-state index contributed by atoms with van der Waals surface area (Å²) in [7, 11) is -3.98. The third-order valence-corrected chi connectivity index (χ3v) is 9.46. The van der Waals surface area contributed by atoms with Crippen molar-refractivity contribution in [2.75, 3.05) is 13.1 Å². The molecule has 1 atom stereocenters. The van der Waals surface area contributed by atoms with E-state index in [1.54, 1.807) is 11.3 Å². The summed E-state index contributed by atoms with van der Waals surface area (Å²) < 4.78 is 60.7. The number of benzene rings is 1. The Balaban J connectivity index is 1.45. The summed E-state index contributed by atoms with van der Waals surface area (Å²) >= 11 is 1.60. The first-order chi connectivity index (χ1) is 17.6. The lowest BCUT2D eigenvalue weighted by Crippen LogP contribution is -2.44. The lowest BCUT2D eigenvalue weighted by atomic mass is 9.95. The van der Waals surface area contributed by atoms with Gasteiger partial charge in [0.05, 0.1) is 6.04 Å². The quantitative estimate of drug-likeness (QED) is 0.406. The molecule has 1 N–H and O–H groups in total. The Labute approximate surface area is 219 Å². The third kappa shape index (κ3) is 6.00. The van der Waals surface area contributed by atoms with Crippen LogP contribution >= 0.6 is 11.3 Å². The number of aromatic nitrogens is 1. The van der Waals surface area contributed by atoms with Crippen molar-refractivity contribution in [3.05, 3.63) is 69.2 Å². The number of nitrogens with zero attached hydrogens (tertiary/aromatic N) is 2. The van der Waals surface area contributed by atoms with Crippen LogP contribution in [0.3, 0.4) is 0 Å². The average molecular weight is 550 g/mol. The molecule has 1 aliphatic rings. The number of aryl methyl sites for hydroxylation is 1. The predicted octanol–water partition coefficient (Wildman–Crippen LogP) is 5.41. The number of rotatable bonds is 8. The highest BCUT2D eigenvalue weighted by molar-refractivity contribution is 7.89. The van der Waals surface area contributed by atoms with E-state index in [0.29, 0.717) is 12.8 Å². The fourth-order valence-corrected chi connectivity index (χ4v) is 7.06. The number of piperidine rings is 1. The van der Waals surface area contributed by atoms with Gasteiger partial charge in [0.25, 0.3) is 0 Å². The van der Waals surface area contributed by atoms with Crippen LogP contribution in [0.4, 0.5) is 8.78 Å². The Morgan fingerprint density at radius 2 is 1.95 bits per heavy atom. The van der Waals surface area contributed by atoms with Crippen molar-refractivity contribution in [2.24, 2.45) is 11.8 Å². The van der Waals surface area contributed by atoms with Crippen LogP contribution in [-0.4, -0.2) is 36.9 Å². The van der Waals surface area contributed by atoms with Crippen LogP contribution < -0.4 is 5.32 Å². The molecule has 4 rings (SSSR count). The first kappa shape index (κ1) is 27.2. The van der Waals surface area contributed by atoms with Gasteiger partial charge in [-0.1, -0.05) is 25.1 Å². The minimum atomic E-state index is -3.98. The molecule has 198 valence electrons. The summed E-state index contributed by atoms with van der Waals surface area (Å²) in [4.78, 5) is 14.0. The van der Waals surface area contributed by atoms with E-state index in [4.69, 9.17) is 4.52 Å². The number of amides is 1. The van der Waals surface area contributed by atoms with Crippen molar-refractivity contribution in [2.45, 2.75) is 44.6 Å². The molecule has 1 amide bonds. The van der Waals surface area contributed by atoms with Gasteiger partial charge in [-0.05, 0) is 61.4 Å². The molecule has 2 aromatic heterocycles. The van der Waals surface area contributed by atoms with Gasteiger partial charge < -0.3 is 9.84 Å². The van der Waals surface area contributed by atoms with Crippen molar-refractivity contribution in [1.29, 1.82) is 0 Å². The van der Waals surface area contributed by atoms with Crippen molar-refractivity contribution >= 4 is 39.4 Å². The van der Waals surface area contributed by atoms with Crippen LogP contribution in [0, 0.1) is 30.4 Å². The molecule has 3 heterocycles. The Morgan fingerprint density at radius 1 is 1.22 bits per heavy atom. The Hall–Kier alpha value is -2.89. The maximum absolute atomic E-state index is 14.0. The second-order valence-electron chi connectivity index (χ2n) is 9.38. The second-order valence-corrected chi connectivity index (χ2v) is 12.2. The molecular formula is C26H29F2N3O4S2. The van der Waals surface area contributed by atoms with E-state index < -0.39 is 21.7 Å². The van der Waals surface area contributed by atoms with E-state index in [9.17, 15) is 22.0 Å². The molecule has 3 aromatic rings. The van der Waals surface area contributed by atoms with Crippen molar-refractivity contribution in [3.63, 3.8) is 0 Å². The van der Waals surface area contributed by atoms with E-state index >= 15 is 0 Å². The SMILES string of the molecule is Cc1noc(/C=C/c2ccc(F)cc2F)c1S(=O)(=O)N1CCC(C(=O)NC(c2cccs2)C(C)C)CC1. The average Bonchev–Trinajstić information content (AvgIpc) is 3.52. The highest BCUT2D eigenvalue weighted by atomic mass is 32.2. The second kappa shape index (κ2) is 11.2. The van der Waals surface area contributed by atoms with Crippen LogP contribution in [0.1, 0.15) is 54.6 Å². The summed E-state index contributed by atoms with van der Waals surface area (Å²) in [5.41, 5.74) is 0.252. The monoisotopic (exact) mass is 549 g/mol. The fourth-order valence-electron chi connectivity index (χ4n) is 4.39. The van der Waals surface area contributed by atoms with Crippen LogP contribution in [0.5, 0.6) is 0 Å². The number of carbonyl (C=O) groups excluding carboxylic acids is 1. The van der Waals surface area contributed by atoms with Crippen LogP contribution in [0.15, 0.2) is 45.1 Å². The molecule has 0 radical (unpaired) electrons. The van der Waals surface area contributed by atoms with Gasteiger partial charge in [0.2, 0.25) is 15.9 Å². The zero-order chi connectivity index (χ0) is 26.7. The summed E-state index contributed by atoms with van der Waals surface area (Å²) in [6.45, 7) is 5.97. The number of nitrogens with one attached hydrogen (secondary N) is 1. The normalized spacial score (nSPS) is 16.5. The Morgan fingerprint density at radius 3 is 2.57 bits per heavy atom. The van der Waals surface area contributed by atoms with Gasteiger partial charge in [0.15, 0.2) is 10.7 Å². The van der Waals surface area contributed by atoms with Crippen molar-refractivity contribution < 1.29 is 26.5 Å². The molecule has 0 saturated carbocycles. The Kier molecular flexibility index (Phi) is 8.25. The summed E-state index contributed by atoms with van der Waals surface area (Å²) in [6.07, 6.45) is 3.39. The van der Waals surface area contributed by atoms with Gasteiger partial charge in [-0.3, -0.25) is 4.79 Å². The molecule has 1 aliphatic heterocycles. The summed E-state index contributed by atoms with van der Waals surface area (Å²) in [6, 6.07) is 6.97. The van der Waals surface area contributed by atoms with Gasteiger partial charge >= 0.3 is 0 Å². The molecule has 1 fully saturated rings. The minimum Gasteiger partial charge on any atom is -0.355 e. The molecule has 0 aliphatic carbocycles. The molecule has 37 heavy (non-hydrogen) atoms. The smallest absolute Gasteiger partial charge is 0.248 e. The van der Waals surface area contributed by atoms with Gasteiger partial charge in [0, 0.05) is 35.5 Å². The zero-order valence-electron chi connectivity index (χ0n) is 20.8. The Bertz CT molecular complexity index is 1380. The molecule has 11 heteroatoms. The van der Waals surface area contributed by atoms with Gasteiger partial charge in [0.1, 0.15) is 17.3 Å². The number of halogens is 2. The van der Waals surface area contributed by atoms with E-state index in [1.165, 1.54) is 29.4 Å². The fraction of sp³-hybridized carbons (Fsp3) is 0.385. The van der Waals surface area contributed by atoms with Crippen LogP contribution in [-0.2, 0) is 14.8 Å². The van der Waals surface area contributed by atoms with E-state index in [2.05, 4.69) is 24.3 Å². The number of sulfonamides is 1. The highest BCUT2D eigenvalue weighted by Gasteiger charge is 2.36.